The Morgan fingerprint density at radius 2 is 1.54 bits per heavy atom. The maximum Gasteiger partial charge on any atom is 0.357 e. The molecule has 0 saturated carbocycles. The minimum Gasteiger partial charge on any atom is -0.257 e. The minimum atomic E-state index is -4.87. The van der Waals surface area contributed by atoms with Crippen LogP contribution in [-0.2, 0) is 28.8 Å². The van der Waals surface area contributed by atoms with Crippen LogP contribution in [0.3, 0.4) is 0 Å². The molecule has 0 atom stereocenters. The van der Waals surface area contributed by atoms with Gasteiger partial charge in [0.25, 0.3) is 4.08 Å². The van der Waals surface area contributed by atoms with Crippen molar-refractivity contribution in [1.82, 2.24) is 0 Å². The number of rotatable bonds is 8. The highest BCUT2D eigenvalue weighted by atomic mass is 32.3. The molecule has 146 valence electrons. The van der Waals surface area contributed by atoms with Gasteiger partial charge >= 0.3 is 20.2 Å². The van der Waals surface area contributed by atoms with E-state index in [1.165, 1.54) is 12.2 Å². The van der Waals surface area contributed by atoms with Crippen molar-refractivity contribution in [3.05, 3.63) is 65.8 Å². The molecular formula is C16H12N2O6S4. The standard InChI is InChI=1S/C16H12N2O6S4/c19-27(20,23-17-12-25)16(28(21,22)24-18-13-26)10-8-15(9-11-16)7-6-14-4-2-1-3-5-14/h1-10H,11H2. The van der Waals surface area contributed by atoms with E-state index in [1.807, 2.05) is 30.3 Å². The van der Waals surface area contributed by atoms with Crippen molar-refractivity contribution in [2.75, 3.05) is 0 Å². The summed E-state index contributed by atoms with van der Waals surface area (Å²) < 4.78 is 56.0. The zero-order chi connectivity index (χ0) is 20.7. The molecule has 0 saturated heterocycles. The van der Waals surface area contributed by atoms with Crippen molar-refractivity contribution in [2.45, 2.75) is 10.5 Å². The van der Waals surface area contributed by atoms with Gasteiger partial charge in [-0.05, 0) is 52.0 Å². The molecule has 0 aliphatic heterocycles. The fraction of sp³-hybridized carbons (Fsp3) is 0.125. The summed E-state index contributed by atoms with van der Waals surface area (Å²) >= 11 is 8.51. The Labute approximate surface area is 172 Å². The topological polar surface area (TPSA) is 111 Å². The van der Waals surface area contributed by atoms with Crippen LogP contribution in [0, 0.1) is 0 Å². The van der Waals surface area contributed by atoms with Crippen molar-refractivity contribution in [3.8, 4) is 0 Å². The van der Waals surface area contributed by atoms with Crippen LogP contribution in [-0.4, -0.2) is 31.2 Å². The van der Waals surface area contributed by atoms with E-state index in [0.717, 1.165) is 11.6 Å². The van der Waals surface area contributed by atoms with Crippen LogP contribution in [0.4, 0.5) is 0 Å². The molecular weight excluding hydrogens is 444 g/mol. The van der Waals surface area contributed by atoms with Crippen LogP contribution in [0.1, 0.15) is 12.0 Å². The average molecular weight is 457 g/mol. The number of isothiocyanates is 2. The van der Waals surface area contributed by atoms with Crippen LogP contribution in [0.5, 0.6) is 0 Å². The molecule has 0 bridgehead atoms. The minimum absolute atomic E-state index is 0.525. The first kappa shape index (κ1) is 21.8. The molecule has 1 aliphatic carbocycles. The maximum atomic E-state index is 12.5. The van der Waals surface area contributed by atoms with E-state index in [9.17, 15) is 16.8 Å². The molecule has 2 rings (SSSR count). The summed E-state index contributed by atoms with van der Waals surface area (Å²) in [6.07, 6.45) is 6.56. The van der Waals surface area contributed by atoms with Crippen molar-refractivity contribution < 1.29 is 25.4 Å². The quantitative estimate of drug-likeness (QED) is 0.333. The van der Waals surface area contributed by atoms with E-state index in [1.54, 1.807) is 22.5 Å². The van der Waals surface area contributed by atoms with Gasteiger partial charge in [0.05, 0.1) is 0 Å². The maximum absolute atomic E-state index is 12.5. The highest BCUT2D eigenvalue weighted by Gasteiger charge is 2.58. The van der Waals surface area contributed by atoms with Gasteiger partial charge in [-0.3, -0.25) is 8.57 Å². The molecule has 0 radical (unpaired) electrons. The third kappa shape index (κ3) is 4.68. The summed E-state index contributed by atoms with van der Waals surface area (Å²) in [5, 5.41) is 9.13. The van der Waals surface area contributed by atoms with Gasteiger partial charge in [0.15, 0.2) is 0 Å². The van der Waals surface area contributed by atoms with E-state index in [0.29, 0.717) is 5.57 Å². The van der Waals surface area contributed by atoms with E-state index in [2.05, 4.69) is 43.3 Å². The number of hydrogen-bond acceptors (Lipinski definition) is 10. The summed E-state index contributed by atoms with van der Waals surface area (Å²) in [6.45, 7) is 0. The Balaban J connectivity index is 2.43. The second-order valence-corrected chi connectivity index (χ2v) is 9.42. The smallest absolute Gasteiger partial charge is 0.257 e. The van der Waals surface area contributed by atoms with E-state index < -0.39 is 30.7 Å². The molecule has 0 spiro atoms. The van der Waals surface area contributed by atoms with Gasteiger partial charge in [0.2, 0.25) is 0 Å². The van der Waals surface area contributed by atoms with Gasteiger partial charge < -0.3 is 0 Å². The Hall–Kier alpha value is -2.46. The van der Waals surface area contributed by atoms with Crippen LogP contribution < -0.4 is 0 Å². The number of hydrogen-bond donors (Lipinski definition) is 0. The molecule has 12 heteroatoms. The first-order valence-electron chi connectivity index (χ1n) is 7.41. The first-order chi connectivity index (χ1) is 13.3. The van der Waals surface area contributed by atoms with Gasteiger partial charge in [-0.2, -0.15) is 16.8 Å². The van der Waals surface area contributed by atoms with Gasteiger partial charge in [-0.15, -0.1) is 0 Å². The Morgan fingerprint density at radius 1 is 0.964 bits per heavy atom. The second-order valence-electron chi connectivity index (χ2n) is 5.22. The molecule has 0 amide bonds. The SMILES string of the molecule is O=S(=O)(ON=C=S)C1(S(=O)(=O)ON=C=S)C=CC(C=Cc2ccccc2)=CC1. The Bertz CT molecular complexity index is 1070. The summed E-state index contributed by atoms with van der Waals surface area (Å²) in [6, 6.07) is 9.33. The lowest BCUT2D eigenvalue weighted by Crippen LogP contribution is -2.46. The monoisotopic (exact) mass is 456 g/mol. The zero-order valence-electron chi connectivity index (χ0n) is 14.0. The highest BCUT2D eigenvalue weighted by molar-refractivity contribution is 8.06. The van der Waals surface area contributed by atoms with E-state index in [-0.39, 0.29) is 0 Å². The van der Waals surface area contributed by atoms with Crippen LogP contribution in [0.25, 0.3) is 6.08 Å². The zero-order valence-corrected chi connectivity index (χ0v) is 17.2. The fourth-order valence-corrected chi connectivity index (χ4v) is 5.17. The second kappa shape index (κ2) is 9.16. The molecule has 0 heterocycles. The fourth-order valence-electron chi connectivity index (χ4n) is 2.25. The lowest BCUT2D eigenvalue weighted by atomic mass is 10.0. The Kier molecular flexibility index (Phi) is 7.14. The molecule has 1 aromatic carbocycles. The third-order valence-corrected chi connectivity index (χ3v) is 7.83. The van der Waals surface area contributed by atoms with Crippen molar-refractivity contribution >= 4 is 61.1 Å². The largest absolute Gasteiger partial charge is 0.357 e. The van der Waals surface area contributed by atoms with Gasteiger partial charge in [-0.1, -0.05) is 54.6 Å². The summed E-state index contributed by atoms with van der Waals surface area (Å²) in [4.78, 5) is 0. The number of benzene rings is 1. The molecule has 1 aromatic rings. The van der Waals surface area contributed by atoms with E-state index >= 15 is 0 Å². The molecule has 0 unspecified atom stereocenters. The van der Waals surface area contributed by atoms with Crippen LogP contribution >= 0.6 is 24.4 Å². The average Bonchev–Trinajstić information content (AvgIpc) is 2.70. The predicted molar refractivity (Wildman–Crippen MR) is 110 cm³/mol. The van der Waals surface area contributed by atoms with Gasteiger partial charge in [0.1, 0.15) is 10.3 Å². The highest BCUT2D eigenvalue weighted by Crippen LogP contribution is 2.37. The Morgan fingerprint density at radius 3 is 2.00 bits per heavy atom. The summed E-state index contributed by atoms with van der Waals surface area (Å²) in [5.41, 5.74) is 1.48. The predicted octanol–water partition coefficient (Wildman–Crippen LogP) is 3.01. The van der Waals surface area contributed by atoms with Crippen molar-refractivity contribution in [2.24, 2.45) is 10.3 Å². The lowest BCUT2D eigenvalue weighted by molar-refractivity contribution is 0.313. The summed E-state index contributed by atoms with van der Waals surface area (Å²) in [7, 11) is -9.74. The summed E-state index contributed by atoms with van der Waals surface area (Å²) in [5.74, 6) is 0. The van der Waals surface area contributed by atoms with Gasteiger partial charge in [-0.25, -0.2) is 0 Å². The molecule has 0 N–H and O–H groups in total. The third-order valence-electron chi connectivity index (χ3n) is 3.61. The number of allylic oxidation sites excluding steroid dienone is 4. The number of nitrogens with zero attached hydrogens (tertiary/aromatic N) is 2. The lowest BCUT2D eigenvalue weighted by Gasteiger charge is -2.26. The van der Waals surface area contributed by atoms with Crippen LogP contribution in [0.15, 0.2) is 70.5 Å². The number of thiocarbonyl (C=S) groups is 2. The molecule has 0 aromatic heterocycles. The molecule has 0 fully saturated rings. The van der Waals surface area contributed by atoms with Crippen LogP contribution in [0.2, 0.25) is 0 Å². The van der Waals surface area contributed by atoms with Gasteiger partial charge in [0, 0.05) is 6.42 Å². The van der Waals surface area contributed by atoms with Crippen molar-refractivity contribution in [3.63, 3.8) is 0 Å². The van der Waals surface area contributed by atoms with E-state index in [4.69, 9.17) is 0 Å². The molecule has 1 aliphatic rings. The first-order valence-corrected chi connectivity index (χ1v) is 11.0. The normalized spacial score (nSPS) is 19.2. The molecule has 8 nitrogen and oxygen atoms in total. The van der Waals surface area contributed by atoms with Crippen molar-refractivity contribution in [1.29, 1.82) is 0 Å². The molecule has 28 heavy (non-hydrogen) atoms.